The molecule has 1 rings (SSSR count). The summed E-state index contributed by atoms with van der Waals surface area (Å²) in [5, 5.41) is 8.65. The molecule has 1 aromatic rings. The summed E-state index contributed by atoms with van der Waals surface area (Å²) in [7, 11) is 0. The summed E-state index contributed by atoms with van der Waals surface area (Å²) >= 11 is 0. The predicted octanol–water partition coefficient (Wildman–Crippen LogP) is 2.11. The molecule has 0 saturated heterocycles. The van der Waals surface area contributed by atoms with E-state index in [1.165, 1.54) is 6.92 Å². The molecule has 0 unspecified atom stereocenters. The lowest BCUT2D eigenvalue weighted by molar-refractivity contribution is -0.116. The fraction of sp³-hybridized carbons (Fsp3) is 0.250. The minimum absolute atomic E-state index is 0.000196. The smallest absolute Gasteiger partial charge is 0.163 e. The molecule has 0 atom stereocenters. The van der Waals surface area contributed by atoms with Gasteiger partial charge in [0.05, 0.1) is 11.6 Å². The Labute approximate surface area is 88.3 Å². The molecule has 0 aliphatic rings. The van der Waals surface area contributed by atoms with Gasteiger partial charge in [-0.25, -0.2) is 0 Å². The zero-order valence-electron chi connectivity index (χ0n) is 8.49. The van der Waals surface area contributed by atoms with Crippen molar-refractivity contribution < 1.29 is 9.59 Å². The third-order valence-electron chi connectivity index (χ3n) is 2.02. The molecule has 0 aromatic heterocycles. The van der Waals surface area contributed by atoms with Gasteiger partial charge in [-0.05, 0) is 19.1 Å². The first kappa shape index (κ1) is 11.1. The van der Waals surface area contributed by atoms with Crippen LogP contribution in [0.25, 0.3) is 0 Å². The SMILES string of the molecule is CC(=O)CCC(=O)c1cccc(C#N)c1. The molecule has 0 N–H and O–H groups in total. The largest absolute Gasteiger partial charge is 0.300 e. The van der Waals surface area contributed by atoms with Crippen molar-refractivity contribution in [1.29, 1.82) is 5.26 Å². The highest BCUT2D eigenvalue weighted by molar-refractivity contribution is 5.98. The molecule has 0 fully saturated rings. The number of nitrogens with zero attached hydrogens (tertiary/aromatic N) is 1. The van der Waals surface area contributed by atoms with Crippen molar-refractivity contribution in [3.8, 4) is 6.07 Å². The minimum Gasteiger partial charge on any atom is -0.300 e. The Morgan fingerprint density at radius 3 is 2.67 bits per heavy atom. The maximum Gasteiger partial charge on any atom is 0.163 e. The molecular formula is C12H11NO2. The Morgan fingerprint density at radius 2 is 2.07 bits per heavy atom. The van der Waals surface area contributed by atoms with Gasteiger partial charge in [0, 0.05) is 18.4 Å². The van der Waals surface area contributed by atoms with Crippen molar-refractivity contribution >= 4 is 11.6 Å². The lowest BCUT2D eigenvalue weighted by Gasteiger charge is -1.99. The number of carbonyl (C=O) groups excluding carboxylic acids is 2. The number of benzene rings is 1. The molecule has 0 aliphatic carbocycles. The Balaban J connectivity index is 2.74. The molecule has 0 spiro atoms. The third-order valence-corrected chi connectivity index (χ3v) is 2.02. The van der Waals surface area contributed by atoms with Crippen molar-refractivity contribution in [3.63, 3.8) is 0 Å². The van der Waals surface area contributed by atoms with Crippen LogP contribution >= 0.6 is 0 Å². The normalized spacial score (nSPS) is 9.33. The Bertz CT molecular complexity index is 429. The quantitative estimate of drug-likeness (QED) is 0.701. The highest BCUT2D eigenvalue weighted by Crippen LogP contribution is 2.08. The number of Topliss-reactive ketones (excluding diaryl/α,β-unsaturated/α-hetero) is 2. The molecule has 0 amide bonds. The second kappa shape index (κ2) is 5.06. The fourth-order valence-electron chi connectivity index (χ4n) is 1.20. The number of carbonyl (C=O) groups is 2. The van der Waals surface area contributed by atoms with Gasteiger partial charge in [-0.1, -0.05) is 12.1 Å². The Morgan fingerprint density at radius 1 is 1.33 bits per heavy atom. The zero-order chi connectivity index (χ0) is 11.3. The van der Waals surface area contributed by atoms with Crippen LogP contribution < -0.4 is 0 Å². The molecule has 0 radical (unpaired) electrons. The molecule has 0 heterocycles. The van der Waals surface area contributed by atoms with Crippen molar-refractivity contribution in [1.82, 2.24) is 0 Å². The predicted molar refractivity (Wildman–Crippen MR) is 55.4 cm³/mol. The Kier molecular flexibility index (Phi) is 3.75. The average molecular weight is 201 g/mol. The van der Waals surface area contributed by atoms with Gasteiger partial charge in [0.2, 0.25) is 0 Å². The number of hydrogen-bond acceptors (Lipinski definition) is 3. The maximum absolute atomic E-state index is 11.6. The van der Waals surface area contributed by atoms with E-state index in [-0.39, 0.29) is 24.4 Å². The zero-order valence-corrected chi connectivity index (χ0v) is 8.49. The number of nitriles is 1. The topological polar surface area (TPSA) is 57.9 Å². The molecule has 1 aromatic carbocycles. The van der Waals surface area contributed by atoms with Crippen LogP contribution in [0.1, 0.15) is 35.7 Å². The van der Waals surface area contributed by atoms with Gasteiger partial charge in [-0.15, -0.1) is 0 Å². The van der Waals surface area contributed by atoms with E-state index in [4.69, 9.17) is 5.26 Å². The van der Waals surface area contributed by atoms with Crippen molar-refractivity contribution in [3.05, 3.63) is 35.4 Å². The van der Waals surface area contributed by atoms with Gasteiger partial charge in [0.1, 0.15) is 5.78 Å². The van der Waals surface area contributed by atoms with E-state index < -0.39 is 0 Å². The van der Waals surface area contributed by atoms with Gasteiger partial charge in [0.15, 0.2) is 5.78 Å². The summed E-state index contributed by atoms with van der Waals surface area (Å²) in [4.78, 5) is 22.3. The van der Waals surface area contributed by atoms with E-state index in [1.54, 1.807) is 24.3 Å². The monoisotopic (exact) mass is 201 g/mol. The molecule has 3 heteroatoms. The first-order valence-electron chi connectivity index (χ1n) is 4.66. The summed E-state index contributed by atoms with van der Waals surface area (Å²) in [6.07, 6.45) is 0.472. The van der Waals surface area contributed by atoms with E-state index >= 15 is 0 Å². The lowest BCUT2D eigenvalue weighted by Crippen LogP contribution is -2.02. The van der Waals surface area contributed by atoms with Crippen molar-refractivity contribution in [2.24, 2.45) is 0 Å². The van der Waals surface area contributed by atoms with Crippen LogP contribution in [-0.4, -0.2) is 11.6 Å². The highest BCUT2D eigenvalue weighted by Gasteiger charge is 2.07. The van der Waals surface area contributed by atoms with Gasteiger partial charge < -0.3 is 4.79 Å². The summed E-state index contributed by atoms with van der Waals surface area (Å²) in [6.45, 7) is 1.46. The summed E-state index contributed by atoms with van der Waals surface area (Å²) < 4.78 is 0. The van der Waals surface area contributed by atoms with E-state index in [1.807, 2.05) is 6.07 Å². The van der Waals surface area contributed by atoms with Crippen molar-refractivity contribution in [2.45, 2.75) is 19.8 Å². The maximum atomic E-state index is 11.6. The first-order chi connectivity index (χ1) is 7.13. The van der Waals surface area contributed by atoms with Crippen LogP contribution in [0, 0.1) is 11.3 Å². The number of ketones is 2. The Hall–Kier alpha value is -1.95. The lowest BCUT2D eigenvalue weighted by atomic mass is 10.0. The summed E-state index contributed by atoms with van der Waals surface area (Å²) in [5.41, 5.74) is 0.957. The van der Waals surface area contributed by atoms with Crippen LogP contribution in [0.15, 0.2) is 24.3 Å². The second-order valence-electron chi connectivity index (χ2n) is 3.32. The van der Waals surface area contributed by atoms with E-state index in [0.717, 1.165) is 0 Å². The molecular weight excluding hydrogens is 190 g/mol. The van der Waals surface area contributed by atoms with Crippen molar-refractivity contribution in [2.75, 3.05) is 0 Å². The minimum atomic E-state index is -0.0951. The third kappa shape index (κ3) is 3.35. The number of rotatable bonds is 4. The van der Waals surface area contributed by atoms with Crippen LogP contribution in [-0.2, 0) is 4.79 Å². The van der Waals surface area contributed by atoms with Crippen LogP contribution in [0.4, 0.5) is 0 Å². The van der Waals surface area contributed by atoms with E-state index in [9.17, 15) is 9.59 Å². The molecule has 3 nitrogen and oxygen atoms in total. The standard InChI is InChI=1S/C12H11NO2/c1-9(14)5-6-12(15)11-4-2-3-10(7-11)8-13/h2-4,7H,5-6H2,1H3. The average Bonchev–Trinajstić information content (AvgIpc) is 2.26. The van der Waals surface area contributed by atoms with E-state index in [0.29, 0.717) is 11.1 Å². The molecule has 0 saturated carbocycles. The van der Waals surface area contributed by atoms with Crippen LogP contribution in [0.2, 0.25) is 0 Å². The van der Waals surface area contributed by atoms with Crippen LogP contribution in [0.5, 0.6) is 0 Å². The first-order valence-corrected chi connectivity index (χ1v) is 4.66. The van der Waals surface area contributed by atoms with Gasteiger partial charge >= 0.3 is 0 Å². The van der Waals surface area contributed by atoms with E-state index in [2.05, 4.69) is 0 Å². The van der Waals surface area contributed by atoms with Gasteiger partial charge in [-0.3, -0.25) is 4.79 Å². The molecule has 15 heavy (non-hydrogen) atoms. The van der Waals surface area contributed by atoms with Crippen LogP contribution in [0.3, 0.4) is 0 Å². The highest BCUT2D eigenvalue weighted by atomic mass is 16.1. The van der Waals surface area contributed by atoms with Gasteiger partial charge in [-0.2, -0.15) is 5.26 Å². The number of hydrogen-bond donors (Lipinski definition) is 0. The fourth-order valence-corrected chi connectivity index (χ4v) is 1.20. The second-order valence-corrected chi connectivity index (χ2v) is 3.32. The summed E-state index contributed by atoms with van der Waals surface area (Å²) in [5.74, 6) is -0.0953. The molecule has 76 valence electrons. The molecule has 0 bridgehead atoms. The molecule has 0 aliphatic heterocycles. The summed E-state index contributed by atoms with van der Waals surface area (Å²) in [6, 6.07) is 8.47. The van der Waals surface area contributed by atoms with Gasteiger partial charge in [0.25, 0.3) is 0 Å².